The summed E-state index contributed by atoms with van der Waals surface area (Å²) in [5.74, 6) is -0.855. The van der Waals surface area contributed by atoms with Gasteiger partial charge in [-0.1, -0.05) is 30.3 Å². The maximum absolute atomic E-state index is 11.1. The van der Waals surface area contributed by atoms with Crippen LogP contribution in [0, 0.1) is 0 Å². The van der Waals surface area contributed by atoms with Crippen LogP contribution in [-0.4, -0.2) is 17.2 Å². The van der Waals surface area contributed by atoms with Crippen molar-refractivity contribution in [2.24, 2.45) is 0 Å². The first kappa shape index (κ1) is 11.0. The van der Waals surface area contributed by atoms with E-state index in [9.17, 15) is 9.59 Å². The SMILES string of the molecule is CC(=Cc1ccccc1)C(=O)OC(=O)O. The summed E-state index contributed by atoms with van der Waals surface area (Å²) in [6, 6.07) is 9.10. The van der Waals surface area contributed by atoms with E-state index in [1.165, 1.54) is 6.92 Å². The molecule has 1 rings (SSSR count). The number of ether oxygens (including phenoxy) is 1. The Labute approximate surface area is 86.8 Å². The molecule has 0 atom stereocenters. The van der Waals surface area contributed by atoms with E-state index in [0.29, 0.717) is 0 Å². The molecule has 0 aliphatic carbocycles. The quantitative estimate of drug-likeness (QED) is 0.458. The molecule has 1 aromatic carbocycles. The summed E-state index contributed by atoms with van der Waals surface area (Å²) in [6.07, 6.45) is -0.0357. The zero-order chi connectivity index (χ0) is 11.3. The maximum atomic E-state index is 11.1. The van der Waals surface area contributed by atoms with E-state index in [1.54, 1.807) is 18.2 Å². The lowest BCUT2D eigenvalue weighted by Crippen LogP contribution is -2.10. The highest BCUT2D eigenvalue weighted by Crippen LogP contribution is 2.07. The van der Waals surface area contributed by atoms with E-state index < -0.39 is 12.1 Å². The number of rotatable bonds is 2. The van der Waals surface area contributed by atoms with Crippen molar-refractivity contribution in [2.45, 2.75) is 6.92 Å². The normalized spacial score (nSPS) is 10.9. The number of esters is 1. The Bertz CT molecular complexity index is 392. The maximum Gasteiger partial charge on any atom is 0.513 e. The van der Waals surface area contributed by atoms with Crippen LogP contribution in [0.5, 0.6) is 0 Å². The molecule has 0 saturated heterocycles. The molecule has 0 heterocycles. The molecule has 0 saturated carbocycles. The summed E-state index contributed by atoms with van der Waals surface area (Å²) in [5.41, 5.74) is 1.06. The first-order chi connectivity index (χ1) is 7.09. The second kappa shape index (κ2) is 4.95. The fourth-order valence-corrected chi connectivity index (χ4v) is 1.02. The lowest BCUT2D eigenvalue weighted by Gasteiger charge is -1.98. The molecular weight excluding hydrogens is 196 g/mol. The Balaban J connectivity index is 2.76. The third kappa shape index (κ3) is 3.64. The molecule has 0 unspecified atom stereocenters. The van der Waals surface area contributed by atoms with E-state index in [0.717, 1.165) is 5.56 Å². The monoisotopic (exact) mass is 206 g/mol. The molecule has 0 fully saturated rings. The molecule has 0 aliphatic heterocycles. The Morgan fingerprint density at radius 1 is 1.27 bits per heavy atom. The van der Waals surface area contributed by atoms with Crippen molar-refractivity contribution in [1.29, 1.82) is 0 Å². The minimum atomic E-state index is -1.60. The van der Waals surface area contributed by atoms with Gasteiger partial charge in [0.1, 0.15) is 0 Å². The Morgan fingerprint density at radius 2 is 1.87 bits per heavy atom. The molecule has 4 heteroatoms. The molecule has 0 radical (unpaired) electrons. The lowest BCUT2D eigenvalue weighted by atomic mass is 10.1. The molecule has 0 aliphatic rings. The fourth-order valence-electron chi connectivity index (χ4n) is 1.02. The largest absolute Gasteiger partial charge is 0.513 e. The van der Waals surface area contributed by atoms with Gasteiger partial charge in [-0.15, -0.1) is 0 Å². The summed E-state index contributed by atoms with van der Waals surface area (Å²) in [6.45, 7) is 1.50. The smallest absolute Gasteiger partial charge is 0.449 e. The topological polar surface area (TPSA) is 63.6 Å². The van der Waals surface area contributed by atoms with Crippen LogP contribution in [0.2, 0.25) is 0 Å². The van der Waals surface area contributed by atoms with Crippen molar-refractivity contribution in [3.05, 3.63) is 41.5 Å². The summed E-state index contributed by atoms with van der Waals surface area (Å²) in [7, 11) is 0. The molecule has 0 amide bonds. The molecule has 0 bridgehead atoms. The Morgan fingerprint density at radius 3 is 2.40 bits per heavy atom. The predicted octanol–water partition coefficient (Wildman–Crippen LogP) is 2.31. The highest BCUT2D eigenvalue weighted by molar-refractivity contribution is 5.97. The highest BCUT2D eigenvalue weighted by atomic mass is 16.7. The number of hydrogen-bond donors (Lipinski definition) is 1. The van der Waals surface area contributed by atoms with Crippen molar-refractivity contribution >= 4 is 18.2 Å². The van der Waals surface area contributed by atoms with Crippen molar-refractivity contribution < 1.29 is 19.4 Å². The Hall–Kier alpha value is -2.10. The van der Waals surface area contributed by atoms with Crippen LogP contribution >= 0.6 is 0 Å². The van der Waals surface area contributed by atoms with Crippen LogP contribution in [0.1, 0.15) is 12.5 Å². The standard InChI is InChI=1S/C11H10O4/c1-8(10(12)15-11(13)14)7-9-5-3-2-4-6-9/h2-7H,1H3,(H,13,14). The van der Waals surface area contributed by atoms with Crippen LogP contribution < -0.4 is 0 Å². The molecule has 0 spiro atoms. The van der Waals surface area contributed by atoms with E-state index in [1.807, 2.05) is 18.2 Å². The van der Waals surface area contributed by atoms with Crippen molar-refractivity contribution in [3.8, 4) is 0 Å². The second-order valence-electron chi connectivity index (χ2n) is 2.89. The minimum Gasteiger partial charge on any atom is -0.449 e. The van der Waals surface area contributed by atoms with Gasteiger partial charge in [-0.25, -0.2) is 9.59 Å². The molecule has 1 N–H and O–H groups in total. The number of carbonyl (C=O) groups excluding carboxylic acids is 1. The number of carbonyl (C=O) groups is 2. The van der Waals surface area contributed by atoms with Crippen LogP contribution in [-0.2, 0) is 9.53 Å². The summed E-state index contributed by atoms with van der Waals surface area (Å²) in [4.78, 5) is 21.2. The second-order valence-corrected chi connectivity index (χ2v) is 2.89. The first-order valence-electron chi connectivity index (χ1n) is 4.28. The van der Waals surface area contributed by atoms with Crippen LogP contribution in [0.25, 0.3) is 6.08 Å². The summed E-state index contributed by atoms with van der Waals surface area (Å²) < 4.78 is 3.99. The third-order valence-corrected chi connectivity index (χ3v) is 1.68. The van der Waals surface area contributed by atoms with Crippen LogP contribution in [0.15, 0.2) is 35.9 Å². The van der Waals surface area contributed by atoms with E-state index >= 15 is 0 Å². The van der Waals surface area contributed by atoms with Gasteiger partial charge in [-0.2, -0.15) is 0 Å². The van der Waals surface area contributed by atoms with Gasteiger partial charge in [0.25, 0.3) is 0 Å². The van der Waals surface area contributed by atoms with Crippen molar-refractivity contribution in [3.63, 3.8) is 0 Å². The fraction of sp³-hybridized carbons (Fsp3) is 0.0909. The van der Waals surface area contributed by atoms with Gasteiger partial charge in [0.15, 0.2) is 0 Å². The van der Waals surface area contributed by atoms with Crippen molar-refractivity contribution in [1.82, 2.24) is 0 Å². The van der Waals surface area contributed by atoms with E-state index in [-0.39, 0.29) is 5.57 Å². The lowest BCUT2D eigenvalue weighted by molar-refractivity contribution is -0.134. The first-order valence-corrected chi connectivity index (χ1v) is 4.28. The molecule has 0 aromatic heterocycles. The van der Waals surface area contributed by atoms with Gasteiger partial charge in [0, 0.05) is 5.57 Å². The Kier molecular flexibility index (Phi) is 3.62. The molecule has 1 aromatic rings. The van der Waals surface area contributed by atoms with E-state index in [2.05, 4.69) is 4.74 Å². The molecule has 4 nitrogen and oxygen atoms in total. The number of benzene rings is 1. The van der Waals surface area contributed by atoms with Gasteiger partial charge in [0.2, 0.25) is 0 Å². The zero-order valence-corrected chi connectivity index (χ0v) is 8.14. The van der Waals surface area contributed by atoms with Crippen LogP contribution in [0.4, 0.5) is 4.79 Å². The van der Waals surface area contributed by atoms with Gasteiger partial charge in [0.05, 0.1) is 0 Å². The van der Waals surface area contributed by atoms with Gasteiger partial charge in [-0.05, 0) is 18.6 Å². The summed E-state index contributed by atoms with van der Waals surface area (Å²) >= 11 is 0. The average Bonchev–Trinajstić information content (AvgIpc) is 2.18. The number of carboxylic acid groups (broad SMARTS) is 1. The third-order valence-electron chi connectivity index (χ3n) is 1.68. The van der Waals surface area contributed by atoms with Gasteiger partial charge in [-0.3, -0.25) is 0 Å². The van der Waals surface area contributed by atoms with Crippen molar-refractivity contribution in [2.75, 3.05) is 0 Å². The molecule has 15 heavy (non-hydrogen) atoms. The minimum absolute atomic E-state index is 0.239. The van der Waals surface area contributed by atoms with Gasteiger partial charge < -0.3 is 9.84 Å². The van der Waals surface area contributed by atoms with Gasteiger partial charge >= 0.3 is 12.1 Å². The van der Waals surface area contributed by atoms with E-state index in [4.69, 9.17) is 5.11 Å². The average molecular weight is 206 g/mol. The highest BCUT2D eigenvalue weighted by Gasteiger charge is 2.09. The zero-order valence-electron chi connectivity index (χ0n) is 8.14. The number of hydrogen-bond acceptors (Lipinski definition) is 3. The predicted molar refractivity (Wildman–Crippen MR) is 54.2 cm³/mol. The molecular formula is C11H10O4. The summed E-state index contributed by atoms with van der Waals surface area (Å²) in [5, 5.41) is 8.23. The molecule has 78 valence electrons. The van der Waals surface area contributed by atoms with Crippen LogP contribution in [0.3, 0.4) is 0 Å².